The number of alkyl halides is 1. The fraction of sp³-hybridized carbons (Fsp3) is 0.625. The van der Waals surface area contributed by atoms with Crippen molar-refractivity contribution in [2.24, 2.45) is 17.3 Å². The molecule has 102 valence electrons. The highest BCUT2D eigenvalue weighted by molar-refractivity contribution is 9.09. The average molecular weight is 325 g/mol. The molecule has 0 spiro atoms. The standard InChI is InChI=1S/C16H18BrFO/c17-9-16(6-11-3-12(11)7-16)8-14-5-10-4-13(18)1-2-15(10)19-14/h1-2,4,11-12,14H,3,5-9H2. The summed E-state index contributed by atoms with van der Waals surface area (Å²) >= 11 is 3.72. The molecule has 2 saturated carbocycles. The highest BCUT2D eigenvalue weighted by Crippen LogP contribution is 2.62. The van der Waals surface area contributed by atoms with E-state index in [-0.39, 0.29) is 11.9 Å². The van der Waals surface area contributed by atoms with Crippen molar-refractivity contribution in [2.45, 2.75) is 38.2 Å². The van der Waals surface area contributed by atoms with E-state index in [9.17, 15) is 4.39 Å². The van der Waals surface area contributed by atoms with Crippen molar-refractivity contribution in [3.63, 3.8) is 0 Å². The van der Waals surface area contributed by atoms with E-state index in [0.29, 0.717) is 5.41 Å². The van der Waals surface area contributed by atoms with Gasteiger partial charge in [0.1, 0.15) is 17.7 Å². The monoisotopic (exact) mass is 324 g/mol. The topological polar surface area (TPSA) is 9.23 Å². The molecule has 1 heterocycles. The molecule has 0 aromatic heterocycles. The average Bonchev–Trinajstić information content (AvgIpc) is 2.84. The second-order valence-electron chi connectivity index (χ2n) is 6.70. The lowest BCUT2D eigenvalue weighted by Gasteiger charge is -2.31. The molecule has 1 aromatic rings. The van der Waals surface area contributed by atoms with Gasteiger partial charge < -0.3 is 4.74 Å². The third-order valence-corrected chi connectivity index (χ3v) is 6.36. The van der Waals surface area contributed by atoms with Crippen LogP contribution in [0.25, 0.3) is 0 Å². The van der Waals surface area contributed by atoms with Crippen LogP contribution in [-0.2, 0) is 6.42 Å². The number of benzene rings is 1. The molecule has 2 fully saturated rings. The van der Waals surface area contributed by atoms with Crippen LogP contribution >= 0.6 is 15.9 Å². The quantitative estimate of drug-likeness (QED) is 0.752. The summed E-state index contributed by atoms with van der Waals surface area (Å²) in [5.74, 6) is 2.71. The van der Waals surface area contributed by atoms with Crippen molar-refractivity contribution in [2.75, 3.05) is 5.33 Å². The van der Waals surface area contributed by atoms with Crippen molar-refractivity contribution in [1.82, 2.24) is 0 Å². The van der Waals surface area contributed by atoms with E-state index in [4.69, 9.17) is 4.74 Å². The molecule has 1 aliphatic heterocycles. The number of ether oxygens (including phenoxy) is 1. The smallest absolute Gasteiger partial charge is 0.123 e. The van der Waals surface area contributed by atoms with Gasteiger partial charge in [-0.05, 0) is 61.1 Å². The predicted octanol–water partition coefficient (Wildman–Crippen LogP) is 4.33. The zero-order valence-electron chi connectivity index (χ0n) is 10.9. The van der Waals surface area contributed by atoms with E-state index >= 15 is 0 Å². The number of fused-ring (bicyclic) bond motifs is 2. The van der Waals surface area contributed by atoms with Crippen molar-refractivity contribution >= 4 is 15.9 Å². The molecule has 1 aromatic carbocycles. The van der Waals surface area contributed by atoms with Crippen molar-refractivity contribution in [3.05, 3.63) is 29.6 Å². The third kappa shape index (κ3) is 2.10. The van der Waals surface area contributed by atoms with Gasteiger partial charge in [-0.3, -0.25) is 0 Å². The summed E-state index contributed by atoms with van der Waals surface area (Å²) in [7, 11) is 0. The fourth-order valence-corrected chi connectivity index (χ4v) is 4.91. The molecular formula is C16H18BrFO. The van der Waals surface area contributed by atoms with E-state index in [1.165, 1.54) is 25.3 Å². The summed E-state index contributed by atoms with van der Waals surface area (Å²) in [6.45, 7) is 0. The second kappa shape index (κ2) is 4.21. The molecule has 3 aliphatic rings. The Morgan fingerprint density at radius 3 is 2.84 bits per heavy atom. The largest absolute Gasteiger partial charge is 0.490 e. The Morgan fingerprint density at radius 2 is 2.11 bits per heavy atom. The minimum absolute atomic E-state index is 0.152. The molecule has 3 unspecified atom stereocenters. The highest BCUT2D eigenvalue weighted by atomic mass is 79.9. The summed E-state index contributed by atoms with van der Waals surface area (Å²) in [6, 6.07) is 4.89. The maximum Gasteiger partial charge on any atom is 0.123 e. The Kier molecular flexibility index (Phi) is 2.70. The third-order valence-electron chi connectivity index (χ3n) is 5.17. The molecule has 0 saturated heterocycles. The van der Waals surface area contributed by atoms with Gasteiger partial charge in [-0.15, -0.1) is 0 Å². The van der Waals surface area contributed by atoms with Crippen LogP contribution in [0.5, 0.6) is 5.75 Å². The molecule has 4 rings (SSSR count). The van der Waals surface area contributed by atoms with Crippen molar-refractivity contribution in [1.29, 1.82) is 0 Å². The second-order valence-corrected chi connectivity index (χ2v) is 7.26. The maximum absolute atomic E-state index is 13.2. The summed E-state index contributed by atoms with van der Waals surface area (Å²) in [6.07, 6.45) is 6.39. The van der Waals surface area contributed by atoms with Gasteiger partial charge in [-0.2, -0.15) is 0 Å². The zero-order chi connectivity index (χ0) is 13.0. The maximum atomic E-state index is 13.2. The molecule has 1 nitrogen and oxygen atoms in total. The summed E-state index contributed by atoms with van der Waals surface area (Å²) in [5.41, 5.74) is 1.47. The van der Waals surface area contributed by atoms with Crippen LogP contribution in [0.15, 0.2) is 18.2 Å². The molecule has 0 N–H and O–H groups in total. The number of halogens is 2. The van der Waals surface area contributed by atoms with Crippen LogP contribution in [0.3, 0.4) is 0 Å². The molecule has 0 bridgehead atoms. The molecule has 0 radical (unpaired) electrons. The Hall–Kier alpha value is -0.570. The van der Waals surface area contributed by atoms with Crippen LogP contribution in [-0.4, -0.2) is 11.4 Å². The molecule has 3 heteroatoms. The number of hydrogen-bond donors (Lipinski definition) is 0. The lowest BCUT2D eigenvalue weighted by molar-refractivity contribution is 0.144. The van der Waals surface area contributed by atoms with E-state index in [1.807, 2.05) is 0 Å². The minimum Gasteiger partial charge on any atom is -0.490 e. The Morgan fingerprint density at radius 1 is 1.32 bits per heavy atom. The van der Waals surface area contributed by atoms with E-state index in [2.05, 4.69) is 15.9 Å². The van der Waals surface area contributed by atoms with Crippen molar-refractivity contribution in [3.8, 4) is 5.75 Å². The first-order chi connectivity index (χ1) is 9.17. The van der Waals surface area contributed by atoms with Crippen LogP contribution in [0, 0.1) is 23.1 Å². The predicted molar refractivity (Wildman–Crippen MR) is 76.2 cm³/mol. The van der Waals surface area contributed by atoms with E-state index < -0.39 is 0 Å². The summed E-state index contributed by atoms with van der Waals surface area (Å²) < 4.78 is 19.2. The number of rotatable bonds is 3. The first-order valence-corrected chi connectivity index (χ1v) is 8.31. The summed E-state index contributed by atoms with van der Waals surface area (Å²) in [5, 5.41) is 1.08. The number of hydrogen-bond acceptors (Lipinski definition) is 1. The molecular weight excluding hydrogens is 307 g/mol. The van der Waals surface area contributed by atoms with Gasteiger partial charge in [0.25, 0.3) is 0 Å². The van der Waals surface area contributed by atoms with Crippen LogP contribution in [0.2, 0.25) is 0 Å². The SMILES string of the molecule is Fc1ccc2c(c1)CC(CC1(CBr)CC3CC3C1)O2. The first-order valence-electron chi connectivity index (χ1n) is 7.18. The Labute approximate surface area is 121 Å². The molecule has 3 atom stereocenters. The van der Waals surface area contributed by atoms with Crippen LogP contribution < -0.4 is 4.74 Å². The van der Waals surface area contributed by atoms with Gasteiger partial charge in [0.05, 0.1) is 0 Å². The Bertz CT molecular complexity index is 505. The summed E-state index contributed by atoms with van der Waals surface area (Å²) in [4.78, 5) is 0. The van der Waals surface area contributed by atoms with Gasteiger partial charge in [-0.1, -0.05) is 15.9 Å². The van der Waals surface area contributed by atoms with Crippen LogP contribution in [0.1, 0.15) is 31.2 Å². The Balaban J connectivity index is 1.47. The molecule has 19 heavy (non-hydrogen) atoms. The van der Waals surface area contributed by atoms with Gasteiger partial charge in [0.15, 0.2) is 0 Å². The first kappa shape index (κ1) is 12.2. The van der Waals surface area contributed by atoms with Gasteiger partial charge in [0.2, 0.25) is 0 Å². The highest BCUT2D eigenvalue weighted by Gasteiger charge is 2.54. The molecule has 0 amide bonds. The van der Waals surface area contributed by atoms with Crippen molar-refractivity contribution < 1.29 is 9.13 Å². The van der Waals surface area contributed by atoms with Gasteiger partial charge in [0, 0.05) is 17.3 Å². The fourth-order valence-electron chi connectivity index (χ4n) is 4.22. The zero-order valence-corrected chi connectivity index (χ0v) is 12.5. The van der Waals surface area contributed by atoms with E-state index in [1.54, 1.807) is 12.1 Å². The lowest BCUT2D eigenvalue weighted by atomic mass is 9.79. The lowest BCUT2D eigenvalue weighted by Crippen LogP contribution is -2.29. The van der Waals surface area contributed by atoms with Crippen LogP contribution in [0.4, 0.5) is 4.39 Å². The molecule has 2 aliphatic carbocycles. The van der Waals surface area contributed by atoms with Gasteiger partial charge in [-0.25, -0.2) is 4.39 Å². The van der Waals surface area contributed by atoms with Gasteiger partial charge >= 0.3 is 0 Å². The normalized spacial score (nSPS) is 38.7. The minimum atomic E-state index is -0.152. The van der Waals surface area contributed by atoms with E-state index in [0.717, 1.165) is 41.3 Å².